The Bertz CT molecular complexity index is 340. The van der Waals surface area contributed by atoms with Crippen molar-refractivity contribution >= 4 is 11.9 Å². The second kappa shape index (κ2) is 6.37. The van der Waals surface area contributed by atoms with Crippen LogP contribution in [0, 0.1) is 11.3 Å². The minimum Gasteiger partial charge on any atom is -0.481 e. The van der Waals surface area contributed by atoms with Crippen molar-refractivity contribution in [1.29, 1.82) is 0 Å². The number of carbonyl (C=O) groups is 2. The molecule has 3 atom stereocenters. The van der Waals surface area contributed by atoms with Gasteiger partial charge in [0.25, 0.3) is 0 Å². The van der Waals surface area contributed by atoms with Gasteiger partial charge < -0.3 is 15.7 Å². The van der Waals surface area contributed by atoms with Crippen LogP contribution >= 0.6 is 0 Å². The molecule has 3 unspecified atom stereocenters. The minimum absolute atomic E-state index is 0.0172. The zero-order valence-electron chi connectivity index (χ0n) is 12.2. The van der Waals surface area contributed by atoms with Gasteiger partial charge in [0.05, 0.1) is 11.3 Å². The molecule has 0 bridgehead atoms. The standard InChI is InChI=1S/C14H26N2O3/c1-4-6-14(13(18)19)7-5-8-16(9-14)12(17)10(2)11(3)15/h10-11H,4-9,15H2,1-3H3,(H,18,19). The number of aliphatic carboxylic acids is 1. The van der Waals surface area contributed by atoms with Gasteiger partial charge >= 0.3 is 5.97 Å². The molecule has 5 nitrogen and oxygen atoms in total. The van der Waals surface area contributed by atoms with E-state index < -0.39 is 11.4 Å². The third-order valence-corrected chi connectivity index (χ3v) is 4.25. The normalized spacial score (nSPS) is 26.8. The molecular weight excluding hydrogens is 244 g/mol. The molecule has 0 radical (unpaired) electrons. The predicted octanol–water partition coefficient (Wildman–Crippen LogP) is 1.46. The van der Waals surface area contributed by atoms with Gasteiger partial charge in [0.15, 0.2) is 0 Å². The summed E-state index contributed by atoms with van der Waals surface area (Å²) in [5.74, 6) is -1.05. The Labute approximate surface area is 115 Å². The van der Waals surface area contributed by atoms with Crippen LogP contribution in [0.5, 0.6) is 0 Å². The molecule has 0 aromatic rings. The lowest BCUT2D eigenvalue weighted by molar-refractivity contribution is -0.156. The topological polar surface area (TPSA) is 83.6 Å². The van der Waals surface area contributed by atoms with E-state index >= 15 is 0 Å². The van der Waals surface area contributed by atoms with Gasteiger partial charge in [0, 0.05) is 19.1 Å². The van der Waals surface area contributed by atoms with Crippen LogP contribution in [0.15, 0.2) is 0 Å². The Morgan fingerprint density at radius 1 is 1.42 bits per heavy atom. The van der Waals surface area contributed by atoms with Gasteiger partial charge in [0.1, 0.15) is 0 Å². The van der Waals surface area contributed by atoms with Gasteiger partial charge in [-0.3, -0.25) is 9.59 Å². The molecule has 0 saturated carbocycles. The average molecular weight is 270 g/mol. The highest BCUT2D eigenvalue weighted by Gasteiger charge is 2.43. The molecule has 0 spiro atoms. The SMILES string of the molecule is CCCC1(C(=O)O)CCCN(C(=O)C(C)C(C)N)C1. The van der Waals surface area contributed by atoms with E-state index in [1.165, 1.54) is 0 Å². The molecule has 1 heterocycles. The van der Waals surface area contributed by atoms with E-state index in [0.29, 0.717) is 25.9 Å². The number of amides is 1. The molecule has 3 N–H and O–H groups in total. The van der Waals surface area contributed by atoms with Gasteiger partial charge in [0.2, 0.25) is 5.91 Å². The molecule has 1 amide bonds. The van der Waals surface area contributed by atoms with Crippen LogP contribution in [0.3, 0.4) is 0 Å². The number of likely N-dealkylation sites (tertiary alicyclic amines) is 1. The molecule has 5 heteroatoms. The fraction of sp³-hybridized carbons (Fsp3) is 0.857. The molecule has 19 heavy (non-hydrogen) atoms. The quantitative estimate of drug-likeness (QED) is 0.792. The summed E-state index contributed by atoms with van der Waals surface area (Å²) >= 11 is 0. The van der Waals surface area contributed by atoms with Crippen molar-refractivity contribution in [3.05, 3.63) is 0 Å². The van der Waals surface area contributed by atoms with Gasteiger partial charge in [-0.25, -0.2) is 0 Å². The maximum absolute atomic E-state index is 12.3. The maximum Gasteiger partial charge on any atom is 0.311 e. The van der Waals surface area contributed by atoms with Gasteiger partial charge in [-0.2, -0.15) is 0 Å². The van der Waals surface area contributed by atoms with Crippen molar-refractivity contribution in [1.82, 2.24) is 4.90 Å². The first-order valence-corrected chi connectivity index (χ1v) is 7.12. The molecule has 1 fully saturated rings. The van der Waals surface area contributed by atoms with Crippen molar-refractivity contribution in [2.24, 2.45) is 17.1 Å². The second-order valence-electron chi connectivity index (χ2n) is 5.85. The highest BCUT2D eigenvalue weighted by molar-refractivity contribution is 5.81. The van der Waals surface area contributed by atoms with Crippen LogP contribution in [0.25, 0.3) is 0 Å². The number of carbonyl (C=O) groups excluding carboxylic acids is 1. The molecular formula is C14H26N2O3. The minimum atomic E-state index is -0.778. The number of hydrogen-bond acceptors (Lipinski definition) is 3. The number of nitrogens with zero attached hydrogens (tertiary/aromatic N) is 1. The fourth-order valence-corrected chi connectivity index (χ4v) is 2.80. The highest BCUT2D eigenvalue weighted by Crippen LogP contribution is 2.35. The zero-order valence-corrected chi connectivity index (χ0v) is 12.2. The van der Waals surface area contributed by atoms with E-state index in [4.69, 9.17) is 5.73 Å². The molecule has 0 aromatic heterocycles. The molecule has 0 aliphatic carbocycles. The number of hydrogen-bond donors (Lipinski definition) is 2. The van der Waals surface area contributed by atoms with Crippen LogP contribution in [-0.2, 0) is 9.59 Å². The number of nitrogens with two attached hydrogens (primary N) is 1. The van der Waals surface area contributed by atoms with Crippen LogP contribution < -0.4 is 5.73 Å². The lowest BCUT2D eigenvalue weighted by atomic mass is 9.76. The number of carboxylic acid groups (broad SMARTS) is 1. The van der Waals surface area contributed by atoms with Gasteiger partial charge in [-0.1, -0.05) is 20.3 Å². The summed E-state index contributed by atoms with van der Waals surface area (Å²) in [6.45, 7) is 6.57. The summed E-state index contributed by atoms with van der Waals surface area (Å²) in [6, 6.07) is -0.208. The van der Waals surface area contributed by atoms with Crippen molar-refractivity contribution in [3.8, 4) is 0 Å². The molecule has 1 aliphatic heterocycles. The van der Waals surface area contributed by atoms with Crippen LogP contribution in [-0.4, -0.2) is 41.0 Å². The van der Waals surface area contributed by atoms with Crippen molar-refractivity contribution in [3.63, 3.8) is 0 Å². The smallest absolute Gasteiger partial charge is 0.311 e. The zero-order chi connectivity index (χ0) is 14.6. The first-order chi connectivity index (χ1) is 8.84. The first kappa shape index (κ1) is 16.0. The summed E-state index contributed by atoms with van der Waals surface area (Å²) in [4.78, 5) is 25.6. The van der Waals surface area contributed by atoms with Crippen molar-refractivity contribution in [2.45, 2.75) is 52.5 Å². The van der Waals surface area contributed by atoms with Crippen LogP contribution in [0.2, 0.25) is 0 Å². The van der Waals surface area contributed by atoms with E-state index in [0.717, 1.165) is 12.8 Å². The molecule has 0 aromatic carbocycles. The monoisotopic (exact) mass is 270 g/mol. The summed E-state index contributed by atoms with van der Waals surface area (Å²) in [6.07, 6.45) is 2.85. The van der Waals surface area contributed by atoms with Crippen LogP contribution in [0.1, 0.15) is 46.5 Å². The Hall–Kier alpha value is -1.10. The summed E-state index contributed by atoms with van der Waals surface area (Å²) in [5.41, 5.74) is 5.00. The number of carboxylic acids is 1. The average Bonchev–Trinajstić information content (AvgIpc) is 2.37. The Kier molecular flexibility index (Phi) is 5.35. The third-order valence-electron chi connectivity index (χ3n) is 4.25. The third kappa shape index (κ3) is 3.47. The lowest BCUT2D eigenvalue weighted by Crippen LogP contribution is -2.52. The van der Waals surface area contributed by atoms with E-state index in [2.05, 4.69) is 0 Å². The van der Waals surface area contributed by atoms with E-state index in [1.807, 2.05) is 20.8 Å². The van der Waals surface area contributed by atoms with Gasteiger partial charge in [-0.05, 0) is 26.2 Å². The Balaban J connectivity index is 2.83. The summed E-state index contributed by atoms with van der Waals surface area (Å²) < 4.78 is 0. The van der Waals surface area contributed by atoms with Crippen LogP contribution in [0.4, 0.5) is 0 Å². The number of piperidine rings is 1. The Morgan fingerprint density at radius 2 is 2.05 bits per heavy atom. The predicted molar refractivity (Wildman–Crippen MR) is 73.6 cm³/mol. The van der Waals surface area contributed by atoms with E-state index in [9.17, 15) is 14.7 Å². The van der Waals surface area contributed by atoms with E-state index in [1.54, 1.807) is 4.90 Å². The van der Waals surface area contributed by atoms with Crippen molar-refractivity contribution < 1.29 is 14.7 Å². The summed E-state index contributed by atoms with van der Waals surface area (Å²) in [5, 5.41) is 9.50. The largest absolute Gasteiger partial charge is 0.481 e. The molecule has 1 aliphatic rings. The van der Waals surface area contributed by atoms with Crippen molar-refractivity contribution in [2.75, 3.05) is 13.1 Å². The van der Waals surface area contributed by atoms with Gasteiger partial charge in [-0.15, -0.1) is 0 Å². The lowest BCUT2D eigenvalue weighted by Gasteiger charge is -2.41. The highest BCUT2D eigenvalue weighted by atomic mass is 16.4. The first-order valence-electron chi connectivity index (χ1n) is 7.12. The molecule has 110 valence electrons. The summed E-state index contributed by atoms with van der Waals surface area (Å²) in [7, 11) is 0. The van der Waals surface area contributed by atoms with E-state index in [-0.39, 0.29) is 17.9 Å². The molecule has 1 saturated heterocycles. The number of rotatable bonds is 5. The molecule has 1 rings (SSSR count). The second-order valence-corrected chi connectivity index (χ2v) is 5.85. The maximum atomic E-state index is 12.3. The Morgan fingerprint density at radius 3 is 2.53 bits per heavy atom. The fourth-order valence-electron chi connectivity index (χ4n) is 2.80.